The van der Waals surface area contributed by atoms with Gasteiger partial charge >= 0.3 is 0 Å². The van der Waals surface area contributed by atoms with E-state index in [2.05, 4.69) is 70.8 Å². The Balaban J connectivity index is 1.53. The molecule has 6 heteroatoms. The lowest BCUT2D eigenvalue weighted by Gasteiger charge is -2.27. The Morgan fingerprint density at radius 3 is 2.61 bits per heavy atom. The first-order valence-corrected chi connectivity index (χ1v) is 10.8. The highest BCUT2D eigenvalue weighted by atomic mass is 32.1. The van der Waals surface area contributed by atoms with Gasteiger partial charge in [-0.25, -0.2) is 0 Å². The van der Waals surface area contributed by atoms with Crippen LogP contribution < -0.4 is 10.6 Å². The summed E-state index contributed by atoms with van der Waals surface area (Å²) in [6, 6.07) is 13.4. The normalized spacial score (nSPS) is 16.8. The van der Waals surface area contributed by atoms with E-state index < -0.39 is 0 Å². The van der Waals surface area contributed by atoms with Gasteiger partial charge in [0.05, 0.1) is 13.2 Å². The Labute approximate surface area is 172 Å². The Kier molecular flexibility index (Phi) is 7.89. The minimum atomic E-state index is 0.327. The quantitative estimate of drug-likeness (QED) is 0.554. The molecule has 2 heterocycles. The van der Waals surface area contributed by atoms with Gasteiger partial charge < -0.3 is 15.4 Å². The number of benzene rings is 1. The molecule has 0 saturated carbocycles. The number of nitrogens with one attached hydrogen (secondary N) is 2. The second-order valence-electron chi connectivity index (χ2n) is 7.34. The SMILES string of the molecule is CN=C(NCc1ccccc1CN1CCOCC1)NC(C)Cc1ccc(C)s1. The van der Waals surface area contributed by atoms with Gasteiger partial charge in [-0.1, -0.05) is 24.3 Å². The van der Waals surface area contributed by atoms with Gasteiger partial charge in [-0.3, -0.25) is 9.89 Å². The molecule has 0 radical (unpaired) electrons. The summed E-state index contributed by atoms with van der Waals surface area (Å²) in [5, 5.41) is 7.00. The molecule has 2 aromatic rings. The third-order valence-corrected chi connectivity index (χ3v) is 6.00. The number of hydrogen-bond acceptors (Lipinski definition) is 4. The van der Waals surface area contributed by atoms with Crippen molar-refractivity contribution in [1.82, 2.24) is 15.5 Å². The second-order valence-corrected chi connectivity index (χ2v) is 8.72. The predicted octanol–water partition coefficient (Wildman–Crippen LogP) is 3.18. The van der Waals surface area contributed by atoms with Crippen molar-refractivity contribution in [1.29, 1.82) is 0 Å². The zero-order valence-corrected chi connectivity index (χ0v) is 18.0. The van der Waals surface area contributed by atoms with Crippen LogP contribution in [0.5, 0.6) is 0 Å². The second kappa shape index (κ2) is 10.6. The van der Waals surface area contributed by atoms with Crippen molar-refractivity contribution in [3.8, 4) is 0 Å². The molecular formula is C22H32N4OS. The summed E-state index contributed by atoms with van der Waals surface area (Å²) in [4.78, 5) is 9.63. The number of guanidine groups is 1. The van der Waals surface area contributed by atoms with Gasteiger partial charge in [0, 0.05) is 55.4 Å². The molecule has 1 fully saturated rings. The van der Waals surface area contributed by atoms with Crippen molar-refractivity contribution in [3.05, 3.63) is 57.3 Å². The van der Waals surface area contributed by atoms with E-state index in [1.54, 1.807) is 0 Å². The number of thiophene rings is 1. The summed E-state index contributed by atoms with van der Waals surface area (Å²) >= 11 is 1.87. The number of aryl methyl sites for hydroxylation is 1. The molecule has 1 aliphatic rings. The molecule has 2 N–H and O–H groups in total. The molecule has 5 nitrogen and oxygen atoms in total. The van der Waals surface area contributed by atoms with Crippen molar-refractivity contribution in [2.75, 3.05) is 33.4 Å². The lowest BCUT2D eigenvalue weighted by atomic mass is 10.1. The molecule has 1 unspecified atom stereocenters. The fourth-order valence-electron chi connectivity index (χ4n) is 3.44. The molecule has 0 aliphatic carbocycles. The number of morpholine rings is 1. The Morgan fingerprint density at radius 2 is 1.93 bits per heavy atom. The molecular weight excluding hydrogens is 368 g/mol. The van der Waals surface area contributed by atoms with Gasteiger partial charge in [0.25, 0.3) is 0 Å². The molecule has 3 rings (SSSR count). The van der Waals surface area contributed by atoms with Crippen LogP contribution in [0.2, 0.25) is 0 Å². The highest BCUT2D eigenvalue weighted by Gasteiger charge is 2.13. The molecule has 1 aromatic carbocycles. The fourth-order valence-corrected chi connectivity index (χ4v) is 4.46. The van der Waals surface area contributed by atoms with Gasteiger partial charge in [0.15, 0.2) is 5.96 Å². The van der Waals surface area contributed by atoms with Gasteiger partial charge in [-0.05, 0) is 37.1 Å². The highest BCUT2D eigenvalue weighted by molar-refractivity contribution is 7.11. The number of ether oxygens (including phenoxy) is 1. The summed E-state index contributed by atoms with van der Waals surface area (Å²) in [6.45, 7) is 9.77. The first-order valence-electron chi connectivity index (χ1n) is 10.0. The van der Waals surface area contributed by atoms with Crippen LogP contribution in [0.3, 0.4) is 0 Å². The highest BCUT2D eigenvalue weighted by Crippen LogP contribution is 2.17. The monoisotopic (exact) mass is 400 g/mol. The van der Waals surface area contributed by atoms with E-state index >= 15 is 0 Å². The van der Waals surface area contributed by atoms with Crippen LogP contribution in [0, 0.1) is 6.92 Å². The van der Waals surface area contributed by atoms with E-state index in [1.165, 1.54) is 20.9 Å². The third-order valence-electron chi connectivity index (χ3n) is 4.97. The predicted molar refractivity (Wildman–Crippen MR) is 118 cm³/mol. The maximum Gasteiger partial charge on any atom is 0.191 e. The standard InChI is InChI=1S/C22H32N4OS/c1-17(14-21-9-8-18(2)28-21)25-22(23-3)24-15-19-6-4-5-7-20(19)16-26-10-12-27-13-11-26/h4-9,17H,10-16H2,1-3H3,(H2,23,24,25). The van der Waals surface area contributed by atoms with Crippen LogP contribution in [0.25, 0.3) is 0 Å². The van der Waals surface area contributed by atoms with Crippen molar-refractivity contribution < 1.29 is 4.74 Å². The molecule has 152 valence electrons. The Hall–Kier alpha value is -1.89. The molecule has 0 spiro atoms. The third kappa shape index (κ3) is 6.33. The lowest BCUT2D eigenvalue weighted by molar-refractivity contribution is 0.0341. The number of rotatable bonds is 7. The maximum absolute atomic E-state index is 5.46. The van der Waals surface area contributed by atoms with Crippen molar-refractivity contribution >= 4 is 17.3 Å². The van der Waals surface area contributed by atoms with Gasteiger partial charge in [-0.2, -0.15) is 0 Å². The summed E-state index contributed by atoms with van der Waals surface area (Å²) in [5.74, 6) is 0.849. The first kappa shape index (κ1) is 20.8. The zero-order chi connectivity index (χ0) is 19.8. The Morgan fingerprint density at radius 1 is 1.18 bits per heavy atom. The maximum atomic E-state index is 5.46. The molecule has 0 amide bonds. The van der Waals surface area contributed by atoms with Crippen LogP contribution in [-0.4, -0.2) is 50.3 Å². The van der Waals surface area contributed by atoms with E-state index in [-0.39, 0.29) is 0 Å². The largest absolute Gasteiger partial charge is 0.379 e. The smallest absolute Gasteiger partial charge is 0.191 e. The number of nitrogens with zero attached hydrogens (tertiary/aromatic N) is 2. The van der Waals surface area contributed by atoms with Gasteiger partial charge in [0.2, 0.25) is 0 Å². The van der Waals surface area contributed by atoms with Crippen LogP contribution in [0.15, 0.2) is 41.4 Å². The average molecular weight is 401 g/mol. The summed E-state index contributed by atoms with van der Waals surface area (Å²) in [6.07, 6.45) is 1.01. The van der Waals surface area contributed by atoms with Crippen molar-refractivity contribution in [2.45, 2.75) is 39.4 Å². The number of aliphatic imine (C=N–C) groups is 1. The molecule has 28 heavy (non-hydrogen) atoms. The van der Waals surface area contributed by atoms with E-state index in [0.29, 0.717) is 6.04 Å². The van der Waals surface area contributed by atoms with Gasteiger partial charge in [0.1, 0.15) is 0 Å². The van der Waals surface area contributed by atoms with Gasteiger partial charge in [-0.15, -0.1) is 11.3 Å². The Bertz CT molecular complexity index is 767. The van der Waals surface area contributed by atoms with E-state index in [1.807, 2.05) is 18.4 Å². The summed E-state index contributed by atoms with van der Waals surface area (Å²) in [7, 11) is 1.83. The topological polar surface area (TPSA) is 48.9 Å². The zero-order valence-electron chi connectivity index (χ0n) is 17.2. The van der Waals surface area contributed by atoms with Crippen LogP contribution >= 0.6 is 11.3 Å². The van der Waals surface area contributed by atoms with Crippen LogP contribution in [0.4, 0.5) is 0 Å². The summed E-state index contributed by atoms with van der Waals surface area (Å²) in [5.41, 5.74) is 2.69. The van der Waals surface area contributed by atoms with Crippen molar-refractivity contribution in [2.24, 2.45) is 4.99 Å². The van der Waals surface area contributed by atoms with E-state index in [0.717, 1.165) is 51.8 Å². The molecule has 1 saturated heterocycles. The first-order chi connectivity index (χ1) is 13.6. The van der Waals surface area contributed by atoms with E-state index in [9.17, 15) is 0 Å². The molecule has 1 atom stereocenters. The summed E-state index contributed by atoms with van der Waals surface area (Å²) < 4.78 is 5.46. The fraction of sp³-hybridized carbons (Fsp3) is 0.500. The average Bonchev–Trinajstić information content (AvgIpc) is 3.11. The van der Waals surface area contributed by atoms with E-state index in [4.69, 9.17) is 4.74 Å². The molecule has 0 bridgehead atoms. The van der Waals surface area contributed by atoms with Crippen LogP contribution in [-0.2, 0) is 24.2 Å². The lowest BCUT2D eigenvalue weighted by Crippen LogP contribution is -2.42. The molecule has 1 aromatic heterocycles. The number of hydrogen-bond donors (Lipinski definition) is 2. The minimum Gasteiger partial charge on any atom is -0.379 e. The molecule has 1 aliphatic heterocycles. The van der Waals surface area contributed by atoms with Crippen molar-refractivity contribution in [3.63, 3.8) is 0 Å². The van der Waals surface area contributed by atoms with Crippen LogP contribution in [0.1, 0.15) is 27.8 Å². The minimum absolute atomic E-state index is 0.327.